The van der Waals surface area contributed by atoms with E-state index in [-0.39, 0.29) is 23.1 Å². The highest BCUT2D eigenvalue weighted by molar-refractivity contribution is 6.09. The molecule has 0 radical (unpaired) electrons. The number of carbonyl (C=O) groups excluding carboxylic acids is 1. The Labute approximate surface area is 150 Å². The third kappa shape index (κ3) is 3.75. The van der Waals surface area contributed by atoms with E-state index in [0.29, 0.717) is 11.3 Å². The van der Waals surface area contributed by atoms with E-state index >= 15 is 0 Å². The minimum Gasteiger partial charge on any atom is -0.371 e. The lowest BCUT2D eigenvalue weighted by molar-refractivity contribution is -0.384. The number of nitro benzene ring substituents is 1. The van der Waals surface area contributed by atoms with E-state index in [1.54, 1.807) is 42.6 Å². The van der Waals surface area contributed by atoms with Crippen LogP contribution in [0.25, 0.3) is 0 Å². The summed E-state index contributed by atoms with van der Waals surface area (Å²) >= 11 is 0. The van der Waals surface area contributed by atoms with Gasteiger partial charge in [-0.1, -0.05) is 36.4 Å². The maximum atomic E-state index is 12.5. The van der Waals surface area contributed by atoms with Crippen LogP contribution < -0.4 is 5.32 Å². The quantitative estimate of drug-likeness (QED) is 0.406. The second-order valence-electron chi connectivity index (χ2n) is 5.80. The first kappa shape index (κ1) is 17.3. The molecule has 0 aliphatic heterocycles. The molecule has 26 heavy (non-hydrogen) atoms. The zero-order valence-corrected chi connectivity index (χ0v) is 14.1. The number of rotatable bonds is 6. The Kier molecular flexibility index (Phi) is 5.03. The van der Waals surface area contributed by atoms with Gasteiger partial charge in [0.2, 0.25) is 0 Å². The molecule has 130 valence electrons. The van der Waals surface area contributed by atoms with Gasteiger partial charge in [0.15, 0.2) is 5.78 Å². The van der Waals surface area contributed by atoms with Crippen LogP contribution in [0.2, 0.25) is 0 Å². The SMILES string of the molecule is CC(Nc1ccc(C(=O)c2ccccc2)cc1[N+](=O)[O-])c1ccccn1. The summed E-state index contributed by atoms with van der Waals surface area (Å²) in [7, 11) is 0. The molecule has 6 heteroatoms. The molecular formula is C20H17N3O3. The van der Waals surface area contributed by atoms with Crippen molar-refractivity contribution in [3.8, 4) is 0 Å². The lowest BCUT2D eigenvalue weighted by Crippen LogP contribution is -2.10. The van der Waals surface area contributed by atoms with Gasteiger partial charge in [-0.3, -0.25) is 19.9 Å². The molecule has 1 heterocycles. The van der Waals surface area contributed by atoms with Crippen LogP contribution in [0.15, 0.2) is 72.9 Å². The Morgan fingerprint density at radius 2 is 1.77 bits per heavy atom. The Balaban J connectivity index is 1.90. The summed E-state index contributed by atoms with van der Waals surface area (Å²) in [5.74, 6) is -0.252. The fourth-order valence-electron chi connectivity index (χ4n) is 2.64. The average Bonchev–Trinajstić information content (AvgIpc) is 2.69. The van der Waals surface area contributed by atoms with Gasteiger partial charge < -0.3 is 5.32 Å². The molecule has 0 amide bonds. The van der Waals surface area contributed by atoms with Crippen molar-refractivity contribution in [2.75, 3.05) is 5.32 Å². The normalized spacial score (nSPS) is 11.6. The molecule has 0 aliphatic carbocycles. The van der Waals surface area contributed by atoms with Crippen LogP contribution in [0.1, 0.15) is 34.6 Å². The zero-order chi connectivity index (χ0) is 18.5. The molecule has 0 fully saturated rings. The maximum absolute atomic E-state index is 12.5. The Bertz CT molecular complexity index is 928. The van der Waals surface area contributed by atoms with Crippen molar-refractivity contribution in [1.82, 2.24) is 4.98 Å². The number of pyridine rings is 1. The minimum absolute atomic E-state index is 0.144. The van der Waals surface area contributed by atoms with E-state index in [9.17, 15) is 14.9 Å². The molecule has 3 rings (SSSR count). The average molecular weight is 347 g/mol. The topological polar surface area (TPSA) is 85.1 Å². The number of aromatic nitrogens is 1. The standard InChI is InChI=1S/C20H17N3O3/c1-14(17-9-5-6-12-21-17)22-18-11-10-16(13-19(18)23(25)26)20(24)15-7-3-2-4-8-15/h2-14,22H,1H3. The summed E-state index contributed by atoms with van der Waals surface area (Å²) in [6.07, 6.45) is 1.67. The molecule has 3 aromatic rings. The first-order valence-corrected chi connectivity index (χ1v) is 8.12. The molecule has 0 bridgehead atoms. The first-order chi connectivity index (χ1) is 12.6. The summed E-state index contributed by atoms with van der Waals surface area (Å²) < 4.78 is 0. The number of carbonyl (C=O) groups is 1. The van der Waals surface area contributed by atoms with Crippen LogP contribution in [-0.2, 0) is 0 Å². The Hall–Kier alpha value is -3.54. The van der Waals surface area contributed by atoms with Crippen molar-refractivity contribution in [1.29, 1.82) is 0 Å². The van der Waals surface area contributed by atoms with Crippen molar-refractivity contribution < 1.29 is 9.72 Å². The van der Waals surface area contributed by atoms with Gasteiger partial charge in [-0.05, 0) is 31.2 Å². The number of nitrogens with zero attached hydrogens (tertiary/aromatic N) is 2. The molecule has 1 atom stereocenters. The molecule has 0 saturated carbocycles. The first-order valence-electron chi connectivity index (χ1n) is 8.12. The van der Waals surface area contributed by atoms with Crippen LogP contribution in [0.4, 0.5) is 11.4 Å². The van der Waals surface area contributed by atoms with Crippen LogP contribution in [0.3, 0.4) is 0 Å². The van der Waals surface area contributed by atoms with Gasteiger partial charge in [-0.2, -0.15) is 0 Å². The summed E-state index contributed by atoms with van der Waals surface area (Å²) in [5, 5.41) is 14.6. The number of hydrogen-bond donors (Lipinski definition) is 1. The molecule has 2 aromatic carbocycles. The number of nitrogens with one attached hydrogen (secondary N) is 1. The van der Waals surface area contributed by atoms with Crippen molar-refractivity contribution in [2.45, 2.75) is 13.0 Å². The zero-order valence-electron chi connectivity index (χ0n) is 14.1. The lowest BCUT2D eigenvalue weighted by atomic mass is 10.0. The Morgan fingerprint density at radius 3 is 2.42 bits per heavy atom. The molecule has 0 saturated heterocycles. The second-order valence-corrected chi connectivity index (χ2v) is 5.80. The number of hydrogen-bond acceptors (Lipinski definition) is 5. The van der Waals surface area contributed by atoms with Gasteiger partial charge in [-0.25, -0.2) is 0 Å². The molecule has 0 aliphatic rings. The van der Waals surface area contributed by atoms with Gasteiger partial charge in [-0.15, -0.1) is 0 Å². The van der Waals surface area contributed by atoms with E-state index in [1.807, 2.05) is 31.2 Å². The third-order valence-corrected chi connectivity index (χ3v) is 4.00. The number of anilines is 1. The van der Waals surface area contributed by atoms with E-state index in [0.717, 1.165) is 5.69 Å². The number of benzene rings is 2. The molecule has 1 unspecified atom stereocenters. The minimum atomic E-state index is -0.491. The molecule has 6 nitrogen and oxygen atoms in total. The van der Waals surface area contributed by atoms with E-state index in [2.05, 4.69) is 10.3 Å². The van der Waals surface area contributed by atoms with Crippen LogP contribution in [0, 0.1) is 10.1 Å². The van der Waals surface area contributed by atoms with Crippen molar-refractivity contribution in [3.63, 3.8) is 0 Å². The monoisotopic (exact) mass is 347 g/mol. The molecule has 1 N–H and O–H groups in total. The van der Waals surface area contributed by atoms with Gasteiger partial charge in [0.05, 0.1) is 16.7 Å². The highest BCUT2D eigenvalue weighted by Gasteiger charge is 2.20. The predicted molar refractivity (Wildman–Crippen MR) is 99.2 cm³/mol. The van der Waals surface area contributed by atoms with Gasteiger partial charge in [0.1, 0.15) is 5.69 Å². The fraction of sp³-hybridized carbons (Fsp3) is 0.100. The van der Waals surface area contributed by atoms with Crippen molar-refractivity contribution in [2.24, 2.45) is 0 Å². The summed E-state index contributed by atoms with van der Waals surface area (Å²) in [6.45, 7) is 1.87. The Morgan fingerprint density at radius 1 is 1.04 bits per heavy atom. The number of ketones is 1. The maximum Gasteiger partial charge on any atom is 0.293 e. The van der Waals surface area contributed by atoms with E-state index in [4.69, 9.17) is 0 Å². The van der Waals surface area contributed by atoms with Crippen molar-refractivity contribution >= 4 is 17.2 Å². The lowest BCUT2D eigenvalue weighted by Gasteiger charge is -2.15. The van der Waals surface area contributed by atoms with Gasteiger partial charge in [0, 0.05) is 23.4 Å². The van der Waals surface area contributed by atoms with Crippen LogP contribution in [-0.4, -0.2) is 15.7 Å². The predicted octanol–water partition coefficient (Wildman–Crippen LogP) is 4.39. The second kappa shape index (κ2) is 7.57. The van der Waals surface area contributed by atoms with Crippen LogP contribution >= 0.6 is 0 Å². The summed E-state index contributed by atoms with van der Waals surface area (Å²) in [6, 6.07) is 18.4. The van der Waals surface area contributed by atoms with E-state index in [1.165, 1.54) is 6.07 Å². The van der Waals surface area contributed by atoms with Gasteiger partial charge in [0.25, 0.3) is 5.69 Å². The van der Waals surface area contributed by atoms with E-state index < -0.39 is 4.92 Å². The summed E-state index contributed by atoms with van der Waals surface area (Å²) in [5.41, 5.74) is 1.74. The number of nitro groups is 1. The van der Waals surface area contributed by atoms with Crippen molar-refractivity contribution in [3.05, 3.63) is 99.9 Å². The van der Waals surface area contributed by atoms with Crippen LogP contribution in [0.5, 0.6) is 0 Å². The fourth-order valence-corrected chi connectivity index (χ4v) is 2.64. The molecular weight excluding hydrogens is 330 g/mol. The molecule has 1 aromatic heterocycles. The van der Waals surface area contributed by atoms with Gasteiger partial charge >= 0.3 is 0 Å². The smallest absolute Gasteiger partial charge is 0.293 e. The highest BCUT2D eigenvalue weighted by atomic mass is 16.6. The summed E-state index contributed by atoms with van der Waals surface area (Å²) in [4.78, 5) is 27.8. The highest BCUT2D eigenvalue weighted by Crippen LogP contribution is 2.29. The molecule has 0 spiro atoms. The third-order valence-electron chi connectivity index (χ3n) is 4.00. The largest absolute Gasteiger partial charge is 0.371 e.